The van der Waals surface area contributed by atoms with E-state index in [9.17, 15) is 4.79 Å². The fraction of sp³-hybridized carbons (Fsp3) is 0.778. The summed E-state index contributed by atoms with van der Waals surface area (Å²) in [7, 11) is 2.05. The van der Waals surface area contributed by atoms with Gasteiger partial charge in [0.1, 0.15) is 0 Å². The van der Waals surface area contributed by atoms with Crippen LogP contribution in [0, 0.1) is 0 Å². The van der Waals surface area contributed by atoms with Gasteiger partial charge >= 0.3 is 6.09 Å². The summed E-state index contributed by atoms with van der Waals surface area (Å²) in [5.41, 5.74) is 0. The minimum atomic E-state index is -0.687. The van der Waals surface area contributed by atoms with Crippen LogP contribution >= 0.6 is 12.2 Å². The Balaban J connectivity index is 2.52. The average molecular weight is 229 g/mol. The Morgan fingerprint density at radius 2 is 2.40 bits per heavy atom. The molecule has 1 amide bonds. The molecule has 0 aromatic heterocycles. The molecule has 0 bridgehead atoms. The topological polar surface area (TPSA) is 45.1 Å². The molecule has 1 rings (SSSR count). The van der Waals surface area contributed by atoms with Crippen LogP contribution in [0.15, 0.2) is 4.99 Å². The lowest BCUT2D eigenvalue weighted by Gasteiger charge is -2.37. The zero-order chi connectivity index (χ0) is 11.3. The molecule has 84 valence electrons. The first kappa shape index (κ1) is 12.3. The predicted octanol–water partition coefficient (Wildman–Crippen LogP) is 1.17. The first-order chi connectivity index (χ1) is 7.17. The molecule has 1 fully saturated rings. The summed E-state index contributed by atoms with van der Waals surface area (Å²) < 4.78 is 0. The summed E-state index contributed by atoms with van der Waals surface area (Å²) in [6.07, 6.45) is 0.242. The van der Waals surface area contributed by atoms with Crippen LogP contribution in [0.25, 0.3) is 0 Å². The summed E-state index contributed by atoms with van der Waals surface area (Å²) >= 11 is 4.33. The van der Waals surface area contributed by atoms with Crippen LogP contribution < -0.4 is 0 Å². The lowest BCUT2D eigenvalue weighted by molar-refractivity contribution is -0.152. The van der Waals surface area contributed by atoms with E-state index in [-0.39, 0.29) is 6.04 Å². The average Bonchev–Trinajstić information content (AvgIpc) is 2.21. The fourth-order valence-corrected chi connectivity index (χ4v) is 1.68. The van der Waals surface area contributed by atoms with Crippen molar-refractivity contribution in [1.29, 1.82) is 0 Å². The highest BCUT2D eigenvalue weighted by Gasteiger charge is 2.26. The van der Waals surface area contributed by atoms with Crippen LogP contribution in [0.4, 0.5) is 4.79 Å². The van der Waals surface area contributed by atoms with E-state index in [0.29, 0.717) is 6.54 Å². The maximum Gasteiger partial charge on any atom is 0.461 e. The molecule has 1 saturated heterocycles. The minimum Gasteiger partial charge on any atom is -0.349 e. The van der Waals surface area contributed by atoms with Crippen molar-refractivity contribution in [2.45, 2.75) is 19.4 Å². The first-order valence-electron chi connectivity index (χ1n) is 4.92. The van der Waals surface area contributed by atoms with Gasteiger partial charge in [-0.2, -0.15) is 0 Å². The molecule has 1 unspecified atom stereocenters. The number of carbonyl (C=O) groups excluding carboxylic acids is 1. The maximum absolute atomic E-state index is 11.1. The van der Waals surface area contributed by atoms with Gasteiger partial charge in [-0.3, -0.25) is 0 Å². The second-order valence-corrected chi connectivity index (χ2v) is 3.71. The lowest BCUT2D eigenvalue weighted by atomic mass is 10.1. The monoisotopic (exact) mass is 229 g/mol. The molecular weight excluding hydrogens is 214 g/mol. The van der Waals surface area contributed by atoms with E-state index < -0.39 is 6.09 Å². The van der Waals surface area contributed by atoms with Crippen molar-refractivity contribution in [1.82, 2.24) is 9.96 Å². The molecule has 1 aliphatic heterocycles. The number of hydroxylamine groups is 2. The number of aliphatic imine (C=N–C) groups is 1. The molecule has 5 nitrogen and oxygen atoms in total. The van der Waals surface area contributed by atoms with Crippen molar-refractivity contribution >= 4 is 23.5 Å². The molecule has 0 N–H and O–H groups in total. The van der Waals surface area contributed by atoms with Crippen LogP contribution in [0.5, 0.6) is 0 Å². The molecule has 15 heavy (non-hydrogen) atoms. The maximum atomic E-state index is 11.1. The van der Waals surface area contributed by atoms with E-state index in [1.807, 2.05) is 5.16 Å². The largest absolute Gasteiger partial charge is 0.461 e. The Morgan fingerprint density at radius 3 is 3.00 bits per heavy atom. The molecule has 1 heterocycles. The highest BCUT2D eigenvalue weighted by Crippen LogP contribution is 2.12. The summed E-state index contributed by atoms with van der Waals surface area (Å²) in [4.78, 5) is 21.6. The van der Waals surface area contributed by atoms with Crippen molar-refractivity contribution < 1.29 is 9.63 Å². The normalized spacial score (nSPS) is 23.2. The zero-order valence-corrected chi connectivity index (χ0v) is 9.79. The van der Waals surface area contributed by atoms with Crippen LogP contribution in [0.1, 0.15) is 13.3 Å². The van der Waals surface area contributed by atoms with E-state index in [4.69, 9.17) is 4.84 Å². The molecule has 1 atom stereocenters. The number of rotatable bonds is 2. The van der Waals surface area contributed by atoms with Gasteiger partial charge in [-0.15, -0.1) is 10.1 Å². The van der Waals surface area contributed by atoms with Crippen LogP contribution in [-0.4, -0.2) is 53.9 Å². The van der Waals surface area contributed by atoms with Crippen molar-refractivity contribution in [2.75, 3.05) is 26.7 Å². The Bertz CT molecular complexity index is 279. The van der Waals surface area contributed by atoms with Gasteiger partial charge in [0.25, 0.3) is 0 Å². The number of hydrogen-bond donors (Lipinski definition) is 0. The number of amides is 1. The number of carbonyl (C=O) groups is 1. The summed E-state index contributed by atoms with van der Waals surface area (Å²) in [6.45, 7) is 4.54. The Hall–Kier alpha value is -0.810. The number of nitrogens with zero attached hydrogens (tertiary/aromatic N) is 3. The lowest BCUT2D eigenvalue weighted by Crippen LogP contribution is -2.51. The predicted molar refractivity (Wildman–Crippen MR) is 59.8 cm³/mol. The molecule has 0 aliphatic carbocycles. The SMILES string of the molecule is CCC1CN(C)CCN1OC(=O)N=C=S. The molecule has 0 radical (unpaired) electrons. The molecule has 6 heteroatoms. The van der Waals surface area contributed by atoms with Gasteiger partial charge < -0.3 is 9.74 Å². The smallest absolute Gasteiger partial charge is 0.349 e. The number of isothiocyanates is 1. The second-order valence-electron chi connectivity index (χ2n) is 3.53. The van der Waals surface area contributed by atoms with Crippen molar-refractivity contribution in [3.63, 3.8) is 0 Å². The first-order valence-corrected chi connectivity index (χ1v) is 5.33. The third-order valence-corrected chi connectivity index (χ3v) is 2.53. The third kappa shape index (κ3) is 3.68. The van der Waals surface area contributed by atoms with E-state index in [0.717, 1.165) is 19.5 Å². The van der Waals surface area contributed by atoms with Crippen LogP contribution in [0.2, 0.25) is 0 Å². The Morgan fingerprint density at radius 1 is 1.67 bits per heavy atom. The van der Waals surface area contributed by atoms with Crippen molar-refractivity contribution in [3.8, 4) is 0 Å². The van der Waals surface area contributed by atoms with Crippen molar-refractivity contribution in [3.05, 3.63) is 0 Å². The minimum absolute atomic E-state index is 0.230. The highest BCUT2D eigenvalue weighted by molar-refractivity contribution is 7.78. The van der Waals surface area contributed by atoms with Gasteiger partial charge in [0.05, 0.1) is 11.2 Å². The molecule has 1 aliphatic rings. The van der Waals surface area contributed by atoms with Gasteiger partial charge in [0.15, 0.2) is 0 Å². The number of hydrogen-bond acceptors (Lipinski definition) is 5. The Kier molecular flexibility index (Phi) is 4.84. The van der Waals surface area contributed by atoms with E-state index in [2.05, 4.69) is 36.1 Å². The summed E-state index contributed by atoms with van der Waals surface area (Å²) in [5, 5.41) is 3.67. The molecule has 0 spiro atoms. The zero-order valence-electron chi connectivity index (χ0n) is 8.97. The number of likely N-dealkylation sites (N-methyl/N-ethyl adjacent to an activating group) is 1. The molecule has 0 aromatic rings. The quantitative estimate of drug-likeness (QED) is 0.525. The van der Waals surface area contributed by atoms with Gasteiger partial charge in [-0.25, -0.2) is 4.79 Å². The van der Waals surface area contributed by atoms with Gasteiger partial charge in [-0.05, 0) is 25.7 Å². The van der Waals surface area contributed by atoms with E-state index >= 15 is 0 Å². The second kappa shape index (κ2) is 5.92. The van der Waals surface area contributed by atoms with Gasteiger partial charge in [0.2, 0.25) is 0 Å². The van der Waals surface area contributed by atoms with E-state index in [1.165, 1.54) is 0 Å². The standard InChI is InChI=1S/C9H15N3O2S/c1-3-8-6-11(2)4-5-12(8)14-9(13)10-7-15/h8H,3-6H2,1-2H3. The molecular formula is C9H15N3O2S. The van der Waals surface area contributed by atoms with Crippen LogP contribution in [-0.2, 0) is 4.84 Å². The van der Waals surface area contributed by atoms with Gasteiger partial charge in [0, 0.05) is 19.6 Å². The molecule has 0 aromatic carbocycles. The summed E-state index contributed by atoms with van der Waals surface area (Å²) in [6, 6.07) is 0.230. The third-order valence-electron chi connectivity index (χ3n) is 2.44. The number of thiocarbonyl (C=S) groups is 1. The fourth-order valence-electron chi connectivity index (χ4n) is 1.60. The Labute approximate surface area is 94.7 Å². The van der Waals surface area contributed by atoms with Gasteiger partial charge in [-0.1, -0.05) is 6.92 Å². The van der Waals surface area contributed by atoms with Crippen molar-refractivity contribution in [2.24, 2.45) is 4.99 Å². The summed E-state index contributed by atoms with van der Waals surface area (Å²) in [5.74, 6) is 0. The highest BCUT2D eigenvalue weighted by atomic mass is 32.1. The molecule has 0 saturated carbocycles. The number of piperazine rings is 1. The van der Waals surface area contributed by atoms with Crippen LogP contribution in [0.3, 0.4) is 0 Å². The van der Waals surface area contributed by atoms with E-state index in [1.54, 1.807) is 5.06 Å².